The Morgan fingerprint density at radius 1 is 1.14 bits per heavy atom. The number of carbonyl (C=O) groups is 1. The van der Waals surface area contributed by atoms with E-state index in [1.54, 1.807) is 6.07 Å². The summed E-state index contributed by atoms with van der Waals surface area (Å²) in [6.45, 7) is 3.67. The Hall–Kier alpha value is -2.57. The van der Waals surface area contributed by atoms with Crippen LogP contribution in [0.15, 0.2) is 42.5 Å². The Morgan fingerprint density at radius 2 is 1.90 bits per heavy atom. The van der Waals surface area contributed by atoms with Gasteiger partial charge in [0.2, 0.25) is 0 Å². The lowest BCUT2D eigenvalue weighted by atomic mass is 10.1. The van der Waals surface area contributed by atoms with Gasteiger partial charge in [0.25, 0.3) is 5.91 Å². The van der Waals surface area contributed by atoms with Crippen molar-refractivity contribution < 1.29 is 9.90 Å². The fraction of sp³-hybridized carbons (Fsp3) is 0.167. The maximum absolute atomic E-state index is 12.2. The van der Waals surface area contributed by atoms with Crippen LogP contribution >= 0.6 is 0 Å². The molecule has 0 unspecified atom stereocenters. The predicted molar refractivity (Wildman–Crippen MR) is 84.3 cm³/mol. The van der Waals surface area contributed by atoms with Crippen LogP contribution in [-0.2, 0) is 0 Å². The second-order valence-corrected chi connectivity index (χ2v) is 4.76. The van der Waals surface area contributed by atoms with Crippen LogP contribution in [0.25, 0.3) is 0 Å². The number of hydrogen-bond acceptors (Lipinski definition) is 2. The van der Waals surface area contributed by atoms with Crippen LogP contribution in [0.1, 0.15) is 27.0 Å². The van der Waals surface area contributed by atoms with Crippen LogP contribution in [-0.4, -0.2) is 17.6 Å². The molecule has 2 N–H and O–H groups in total. The number of hydrogen-bond donors (Lipinski definition) is 2. The van der Waals surface area contributed by atoms with E-state index < -0.39 is 0 Å². The van der Waals surface area contributed by atoms with Gasteiger partial charge in [-0.1, -0.05) is 30.0 Å². The van der Waals surface area contributed by atoms with Gasteiger partial charge in [0, 0.05) is 16.8 Å². The number of aryl methyl sites for hydroxylation is 2. The molecule has 0 aliphatic carbocycles. The fourth-order valence-electron chi connectivity index (χ4n) is 2.04. The smallest absolute Gasteiger partial charge is 0.255 e. The van der Waals surface area contributed by atoms with E-state index in [1.165, 1.54) is 0 Å². The van der Waals surface area contributed by atoms with Crippen LogP contribution in [0, 0.1) is 25.7 Å². The van der Waals surface area contributed by atoms with Crippen molar-refractivity contribution >= 4 is 11.6 Å². The highest BCUT2D eigenvalue weighted by Gasteiger charge is 2.08. The lowest BCUT2D eigenvalue weighted by Crippen LogP contribution is -2.13. The second-order valence-electron chi connectivity index (χ2n) is 4.76. The minimum atomic E-state index is -0.161. The van der Waals surface area contributed by atoms with Gasteiger partial charge in [0.05, 0.1) is 0 Å². The molecule has 0 fully saturated rings. The molecule has 0 spiro atoms. The van der Waals surface area contributed by atoms with E-state index in [1.807, 2.05) is 50.2 Å². The van der Waals surface area contributed by atoms with E-state index in [0.717, 1.165) is 22.4 Å². The molecule has 106 valence electrons. The number of nitrogens with one attached hydrogen (secondary N) is 1. The summed E-state index contributed by atoms with van der Waals surface area (Å²) in [5, 5.41) is 11.6. The van der Waals surface area contributed by atoms with Gasteiger partial charge in [0.15, 0.2) is 0 Å². The third kappa shape index (κ3) is 3.71. The molecule has 0 saturated heterocycles. The quantitative estimate of drug-likeness (QED) is 0.830. The average molecular weight is 279 g/mol. The molecule has 0 aliphatic heterocycles. The SMILES string of the molecule is Cc1cc(NC(=O)c2ccccc2C)ccc1C#CCO. The van der Waals surface area contributed by atoms with Crippen molar-refractivity contribution in [1.29, 1.82) is 0 Å². The highest BCUT2D eigenvalue weighted by molar-refractivity contribution is 6.05. The Labute approximate surface area is 124 Å². The van der Waals surface area contributed by atoms with E-state index in [-0.39, 0.29) is 12.5 Å². The van der Waals surface area contributed by atoms with Crippen LogP contribution in [0.5, 0.6) is 0 Å². The predicted octanol–water partition coefficient (Wildman–Crippen LogP) is 2.90. The number of rotatable bonds is 2. The molecule has 2 rings (SSSR count). The molecule has 0 atom stereocenters. The Morgan fingerprint density at radius 3 is 2.57 bits per heavy atom. The Bertz CT molecular complexity index is 723. The van der Waals surface area contributed by atoms with E-state index in [2.05, 4.69) is 17.2 Å². The van der Waals surface area contributed by atoms with Crippen molar-refractivity contribution in [3.8, 4) is 11.8 Å². The van der Waals surface area contributed by atoms with Crippen molar-refractivity contribution in [2.75, 3.05) is 11.9 Å². The van der Waals surface area contributed by atoms with Crippen LogP contribution in [0.4, 0.5) is 5.69 Å². The van der Waals surface area contributed by atoms with Gasteiger partial charge < -0.3 is 10.4 Å². The lowest BCUT2D eigenvalue weighted by Gasteiger charge is -2.09. The summed E-state index contributed by atoms with van der Waals surface area (Å²) < 4.78 is 0. The van der Waals surface area contributed by atoms with Crippen LogP contribution in [0.3, 0.4) is 0 Å². The first-order valence-corrected chi connectivity index (χ1v) is 6.69. The highest BCUT2D eigenvalue weighted by Crippen LogP contribution is 2.16. The van der Waals surface area contributed by atoms with Gasteiger partial charge >= 0.3 is 0 Å². The molecule has 2 aromatic rings. The third-order valence-corrected chi connectivity index (χ3v) is 3.18. The summed E-state index contributed by atoms with van der Waals surface area (Å²) in [4.78, 5) is 12.2. The largest absolute Gasteiger partial charge is 0.384 e. The molecule has 21 heavy (non-hydrogen) atoms. The summed E-state index contributed by atoms with van der Waals surface area (Å²) >= 11 is 0. The number of amides is 1. The summed E-state index contributed by atoms with van der Waals surface area (Å²) in [5.41, 5.74) is 4.14. The molecular formula is C18H17NO2. The minimum absolute atomic E-state index is 0.123. The first-order chi connectivity index (χ1) is 10.1. The molecule has 2 aromatic carbocycles. The normalized spacial score (nSPS) is 9.67. The number of aliphatic hydroxyl groups is 1. The lowest BCUT2D eigenvalue weighted by molar-refractivity contribution is 0.102. The van der Waals surface area contributed by atoms with Crippen molar-refractivity contribution in [3.05, 3.63) is 64.7 Å². The maximum atomic E-state index is 12.2. The van der Waals surface area contributed by atoms with Gasteiger partial charge in [-0.3, -0.25) is 4.79 Å². The van der Waals surface area contributed by atoms with Gasteiger partial charge in [-0.2, -0.15) is 0 Å². The van der Waals surface area contributed by atoms with Gasteiger partial charge in [-0.15, -0.1) is 0 Å². The number of aliphatic hydroxyl groups excluding tert-OH is 1. The summed E-state index contributed by atoms with van der Waals surface area (Å²) in [6, 6.07) is 13.0. The van der Waals surface area contributed by atoms with E-state index >= 15 is 0 Å². The topological polar surface area (TPSA) is 49.3 Å². The van der Waals surface area contributed by atoms with E-state index in [9.17, 15) is 4.79 Å². The van der Waals surface area contributed by atoms with Gasteiger partial charge in [0.1, 0.15) is 6.61 Å². The average Bonchev–Trinajstić information content (AvgIpc) is 2.47. The third-order valence-electron chi connectivity index (χ3n) is 3.18. The van der Waals surface area contributed by atoms with Crippen LogP contribution < -0.4 is 5.32 Å². The van der Waals surface area contributed by atoms with Crippen LogP contribution in [0.2, 0.25) is 0 Å². The molecule has 0 heterocycles. The second kappa shape index (κ2) is 6.74. The zero-order valence-electron chi connectivity index (χ0n) is 12.1. The molecule has 3 heteroatoms. The number of carbonyl (C=O) groups excluding carboxylic acids is 1. The van der Waals surface area contributed by atoms with Crippen molar-refractivity contribution in [2.45, 2.75) is 13.8 Å². The Kier molecular flexibility index (Phi) is 4.76. The molecule has 0 bridgehead atoms. The van der Waals surface area contributed by atoms with Crippen molar-refractivity contribution in [1.82, 2.24) is 0 Å². The summed E-state index contributed by atoms with van der Waals surface area (Å²) in [5.74, 6) is 5.36. The van der Waals surface area contributed by atoms with E-state index in [0.29, 0.717) is 5.56 Å². The van der Waals surface area contributed by atoms with Gasteiger partial charge in [-0.25, -0.2) is 0 Å². The zero-order chi connectivity index (χ0) is 15.2. The molecule has 0 saturated carbocycles. The molecule has 0 aliphatic rings. The molecule has 0 aromatic heterocycles. The number of anilines is 1. The molecule has 1 amide bonds. The fourth-order valence-corrected chi connectivity index (χ4v) is 2.04. The first kappa shape index (κ1) is 14.8. The minimum Gasteiger partial charge on any atom is -0.384 e. The summed E-state index contributed by atoms with van der Waals surface area (Å²) in [6.07, 6.45) is 0. The monoisotopic (exact) mass is 279 g/mol. The first-order valence-electron chi connectivity index (χ1n) is 6.69. The molecular weight excluding hydrogens is 262 g/mol. The molecule has 0 radical (unpaired) electrons. The Balaban J connectivity index is 2.19. The van der Waals surface area contributed by atoms with Crippen molar-refractivity contribution in [2.24, 2.45) is 0 Å². The standard InChI is InChI=1S/C18H17NO2/c1-13-6-3-4-8-17(13)18(21)19-16-10-9-15(7-5-11-20)14(2)12-16/h3-4,6,8-10,12,20H,11H2,1-2H3,(H,19,21). The highest BCUT2D eigenvalue weighted by atomic mass is 16.2. The maximum Gasteiger partial charge on any atom is 0.255 e. The van der Waals surface area contributed by atoms with Crippen molar-refractivity contribution in [3.63, 3.8) is 0 Å². The van der Waals surface area contributed by atoms with Gasteiger partial charge in [-0.05, 0) is 49.2 Å². The zero-order valence-corrected chi connectivity index (χ0v) is 12.1. The molecule has 3 nitrogen and oxygen atoms in total. The van der Waals surface area contributed by atoms with E-state index in [4.69, 9.17) is 5.11 Å². The number of benzene rings is 2. The summed E-state index contributed by atoms with van der Waals surface area (Å²) in [7, 11) is 0.